The van der Waals surface area contributed by atoms with Crippen LogP contribution in [0.25, 0.3) is 16.9 Å². The van der Waals surface area contributed by atoms with Gasteiger partial charge in [-0.05, 0) is 26.3 Å². The summed E-state index contributed by atoms with van der Waals surface area (Å²) in [5.74, 6) is 0.647. The molecule has 3 aromatic heterocycles. The zero-order valence-corrected chi connectivity index (χ0v) is 19.8. The first kappa shape index (κ1) is 23.2. The fourth-order valence-electron chi connectivity index (χ4n) is 3.57. The van der Waals surface area contributed by atoms with Crippen LogP contribution >= 0.6 is 10.5 Å². The van der Waals surface area contributed by atoms with Gasteiger partial charge in [-0.2, -0.15) is 4.39 Å². The molecular weight excluding hydrogens is 415 g/mol. The van der Waals surface area contributed by atoms with Gasteiger partial charge in [-0.3, -0.25) is 4.40 Å². The van der Waals surface area contributed by atoms with Crippen molar-refractivity contribution in [3.05, 3.63) is 36.5 Å². The molecule has 0 saturated heterocycles. The van der Waals surface area contributed by atoms with Gasteiger partial charge in [-0.1, -0.05) is 26.1 Å². The van der Waals surface area contributed by atoms with Crippen LogP contribution in [0, 0.1) is 5.95 Å². The molecular formula is C23H31FN4O2S. The number of halogens is 1. The molecule has 0 fully saturated rings. The van der Waals surface area contributed by atoms with E-state index in [1.165, 1.54) is 6.07 Å². The van der Waals surface area contributed by atoms with Crippen molar-refractivity contribution in [2.24, 2.45) is 0 Å². The Hall–Kier alpha value is -2.45. The third kappa shape index (κ3) is 5.07. The molecule has 0 aliphatic heterocycles. The van der Waals surface area contributed by atoms with Crippen LogP contribution in [0.5, 0.6) is 5.75 Å². The molecule has 0 spiro atoms. The highest BCUT2D eigenvalue weighted by atomic mass is 32.2. The molecule has 0 bridgehead atoms. The SMILES string of the molecule is C/C=S(/c1cn2c(-c3cc(F)nc(N[C@H](C)CCO)c3)cnc2cc1OC)C(C)(C)C. The van der Waals surface area contributed by atoms with E-state index in [4.69, 9.17) is 9.84 Å². The van der Waals surface area contributed by atoms with Crippen molar-refractivity contribution in [3.63, 3.8) is 0 Å². The van der Waals surface area contributed by atoms with E-state index in [9.17, 15) is 4.39 Å². The van der Waals surface area contributed by atoms with Crippen LogP contribution < -0.4 is 10.1 Å². The molecule has 31 heavy (non-hydrogen) atoms. The maximum Gasteiger partial charge on any atom is 0.215 e. The van der Waals surface area contributed by atoms with Crippen molar-refractivity contribution in [2.75, 3.05) is 19.0 Å². The van der Waals surface area contributed by atoms with Crippen LogP contribution in [-0.4, -0.2) is 49.3 Å². The van der Waals surface area contributed by atoms with E-state index in [2.05, 4.69) is 48.3 Å². The Morgan fingerprint density at radius 2 is 2.06 bits per heavy atom. The van der Waals surface area contributed by atoms with Gasteiger partial charge in [-0.25, -0.2) is 9.97 Å². The first-order valence-corrected chi connectivity index (χ1v) is 11.6. The minimum absolute atomic E-state index is 0.0269. The fourth-order valence-corrected chi connectivity index (χ4v) is 5.77. The summed E-state index contributed by atoms with van der Waals surface area (Å²) in [7, 11) is 1.50. The third-order valence-corrected chi connectivity index (χ3v) is 7.54. The molecule has 8 heteroatoms. The van der Waals surface area contributed by atoms with Crippen LogP contribution in [0.3, 0.4) is 0 Å². The average Bonchev–Trinajstić information content (AvgIpc) is 3.09. The number of nitrogens with zero attached hydrogens (tertiary/aromatic N) is 3. The summed E-state index contributed by atoms with van der Waals surface area (Å²) in [6, 6.07) is 5.11. The molecule has 0 aliphatic rings. The lowest BCUT2D eigenvalue weighted by Crippen LogP contribution is -2.17. The molecule has 3 rings (SSSR count). The predicted octanol–water partition coefficient (Wildman–Crippen LogP) is 4.98. The summed E-state index contributed by atoms with van der Waals surface area (Å²) in [5, 5.41) is 14.5. The number of fused-ring (bicyclic) bond motifs is 1. The number of imidazole rings is 1. The molecule has 0 amide bonds. The van der Waals surface area contributed by atoms with Gasteiger partial charge in [0, 0.05) is 41.3 Å². The summed E-state index contributed by atoms with van der Waals surface area (Å²) in [6.45, 7) is 10.7. The molecule has 3 heterocycles. The maximum absolute atomic E-state index is 14.3. The smallest absolute Gasteiger partial charge is 0.215 e. The van der Waals surface area contributed by atoms with Crippen molar-refractivity contribution >= 4 is 27.3 Å². The van der Waals surface area contributed by atoms with Gasteiger partial charge >= 0.3 is 0 Å². The second-order valence-corrected chi connectivity index (χ2v) is 11.2. The number of aromatic nitrogens is 3. The number of rotatable bonds is 7. The number of ether oxygens (including phenoxy) is 1. The van der Waals surface area contributed by atoms with E-state index in [-0.39, 0.29) is 27.9 Å². The topological polar surface area (TPSA) is 71.7 Å². The predicted molar refractivity (Wildman–Crippen MR) is 127 cm³/mol. The number of aliphatic hydroxyl groups is 1. The van der Waals surface area contributed by atoms with Crippen molar-refractivity contribution in [1.82, 2.24) is 14.4 Å². The van der Waals surface area contributed by atoms with E-state index in [0.29, 0.717) is 17.8 Å². The fraction of sp³-hybridized carbons (Fsp3) is 0.435. The number of methoxy groups -OCH3 is 1. The summed E-state index contributed by atoms with van der Waals surface area (Å²) in [4.78, 5) is 9.55. The van der Waals surface area contributed by atoms with E-state index >= 15 is 0 Å². The van der Waals surface area contributed by atoms with Crippen molar-refractivity contribution in [1.29, 1.82) is 0 Å². The number of anilines is 1. The van der Waals surface area contributed by atoms with E-state index in [0.717, 1.165) is 22.0 Å². The van der Waals surface area contributed by atoms with E-state index in [1.54, 1.807) is 19.4 Å². The Balaban J connectivity index is 2.14. The Morgan fingerprint density at radius 3 is 2.68 bits per heavy atom. The number of hydrogen-bond acceptors (Lipinski definition) is 5. The van der Waals surface area contributed by atoms with Gasteiger partial charge in [0.25, 0.3) is 0 Å². The molecule has 0 aliphatic carbocycles. The Labute approximate surface area is 185 Å². The van der Waals surface area contributed by atoms with Crippen LogP contribution in [-0.2, 0) is 0 Å². The van der Waals surface area contributed by atoms with Crippen LogP contribution in [0.1, 0.15) is 41.0 Å². The van der Waals surface area contributed by atoms with Gasteiger partial charge in [0.05, 0.1) is 23.9 Å². The minimum atomic E-state index is -0.573. The molecule has 168 valence electrons. The molecule has 6 nitrogen and oxygen atoms in total. The number of aliphatic hydroxyl groups excluding tert-OH is 1. The molecule has 2 atom stereocenters. The van der Waals surface area contributed by atoms with Crippen molar-refractivity contribution < 1.29 is 14.2 Å². The monoisotopic (exact) mass is 446 g/mol. The first-order chi connectivity index (χ1) is 14.7. The van der Waals surface area contributed by atoms with Crippen molar-refractivity contribution in [2.45, 2.75) is 56.7 Å². The van der Waals surface area contributed by atoms with E-state index in [1.807, 2.05) is 23.6 Å². The second kappa shape index (κ2) is 9.36. The molecule has 0 aromatic carbocycles. The Kier molecular flexibility index (Phi) is 7.01. The average molecular weight is 447 g/mol. The highest BCUT2D eigenvalue weighted by Gasteiger charge is 2.22. The normalized spacial score (nSPS) is 14.1. The molecule has 2 N–H and O–H groups in total. The largest absolute Gasteiger partial charge is 0.495 e. The van der Waals surface area contributed by atoms with Gasteiger partial charge in [0.1, 0.15) is 17.2 Å². The summed E-state index contributed by atoms with van der Waals surface area (Å²) >= 11 is 0. The van der Waals surface area contributed by atoms with Gasteiger partial charge < -0.3 is 15.2 Å². The quantitative estimate of drug-likeness (QED) is 0.396. The van der Waals surface area contributed by atoms with Crippen LogP contribution in [0.4, 0.5) is 10.2 Å². The molecule has 0 radical (unpaired) electrons. The highest BCUT2D eigenvalue weighted by Crippen LogP contribution is 2.44. The Bertz CT molecular complexity index is 1100. The number of nitrogens with one attached hydrogen (secondary N) is 1. The second-order valence-electron chi connectivity index (χ2n) is 8.38. The minimum Gasteiger partial charge on any atom is -0.495 e. The maximum atomic E-state index is 14.3. The van der Waals surface area contributed by atoms with Crippen molar-refractivity contribution in [3.8, 4) is 17.0 Å². The lowest BCUT2D eigenvalue weighted by molar-refractivity contribution is 0.282. The third-order valence-electron chi connectivity index (χ3n) is 4.97. The molecule has 0 saturated carbocycles. The van der Waals surface area contributed by atoms with Gasteiger partial charge in [0.2, 0.25) is 5.95 Å². The standard InChI is InChI=1S/C23H31FN4O2S/c1-7-31(23(3,4)5)19-14-28-17(13-25-22(28)12-18(19)30-6)16-10-20(24)27-21(11-16)26-15(2)8-9-29/h7,10-15,29H,8-9H2,1-6H3,(H,26,27)/t15-,31?/m1/s1. The van der Waals surface area contributed by atoms with Crippen LogP contribution in [0.2, 0.25) is 0 Å². The first-order valence-electron chi connectivity index (χ1n) is 10.3. The summed E-state index contributed by atoms with van der Waals surface area (Å²) in [6.07, 6.45) is 4.33. The molecule has 3 aromatic rings. The number of hydrogen-bond donors (Lipinski definition) is 2. The number of pyridine rings is 2. The lowest BCUT2D eigenvalue weighted by Gasteiger charge is -2.26. The van der Waals surface area contributed by atoms with Gasteiger partial charge in [-0.15, -0.1) is 10.5 Å². The summed E-state index contributed by atoms with van der Waals surface area (Å²) < 4.78 is 22.0. The van der Waals surface area contributed by atoms with E-state index < -0.39 is 5.95 Å². The molecule has 1 unspecified atom stereocenters. The lowest BCUT2D eigenvalue weighted by atomic mass is 10.2. The highest BCUT2D eigenvalue weighted by molar-refractivity contribution is 8.16. The summed E-state index contributed by atoms with van der Waals surface area (Å²) in [5.41, 5.74) is 2.17. The zero-order chi connectivity index (χ0) is 22.8. The van der Waals surface area contributed by atoms with Crippen LogP contribution in [0.15, 0.2) is 35.5 Å². The zero-order valence-electron chi connectivity index (χ0n) is 18.9. The van der Waals surface area contributed by atoms with Gasteiger partial charge in [0.15, 0.2) is 0 Å². The Morgan fingerprint density at radius 1 is 1.32 bits per heavy atom.